The van der Waals surface area contributed by atoms with Gasteiger partial charge >= 0.3 is 0 Å². The van der Waals surface area contributed by atoms with Gasteiger partial charge in [0.1, 0.15) is 0 Å². The van der Waals surface area contributed by atoms with Crippen molar-refractivity contribution in [2.75, 3.05) is 7.11 Å². The van der Waals surface area contributed by atoms with Crippen LogP contribution < -0.4 is 4.74 Å². The Bertz CT molecular complexity index is 312. The van der Waals surface area contributed by atoms with Crippen molar-refractivity contribution in [2.45, 2.75) is 0 Å². The van der Waals surface area contributed by atoms with E-state index in [-0.39, 0.29) is 16.3 Å². The third-order valence-electron chi connectivity index (χ3n) is 1.41. The smallest absolute Gasteiger partial charge is 0.177 e. The normalized spacial score (nSPS) is 9.58. The third kappa shape index (κ3) is 1.41. The molecule has 0 aliphatic heterocycles. The van der Waals surface area contributed by atoms with Gasteiger partial charge in [-0.15, -0.1) is 0 Å². The number of halogens is 2. The van der Waals surface area contributed by atoms with Crippen LogP contribution >= 0.6 is 11.6 Å². The summed E-state index contributed by atoms with van der Waals surface area (Å²) in [5.74, 6) is -0.818. The minimum absolute atomic E-state index is 0.0590. The molecule has 0 unspecified atom stereocenters. The second-order valence-electron chi connectivity index (χ2n) is 2.10. The lowest BCUT2D eigenvalue weighted by molar-refractivity contribution is 0.111. The number of hydrogen-bond donors (Lipinski definition) is 0. The first-order valence-corrected chi connectivity index (χ1v) is 3.55. The zero-order chi connectivity index (χ0) is 9.14. The Balaban J connectivity index is 3.33. The molecular weight excluding hydrogens is 183 g/mol. The molecule has 64 valence electrons. The molecule has 0 amide bonds. The molecule has 0 aromatic heterocycles. The summed E-state index contributed by atoms with van der Waals surface area (Å²) in [6.45, 7) is 0. The summed E-state index contributed by atoms with van der Waals surface area (Å²) >= 11 is 5.58. The Labute approximate surface area is 73.9 Å². The van der Waals surface area contributed by atoms with E-state index in [0.29, 0.717) is 6.29 Å². The highest BCUT2D eigenvalue weighted by atomic mass is 35.5. The van der Waals surface area contributed by atoms with Gasteiger partial charge < -0.3 is 4.74 Å². The van der Waals surface area contributed by atoms with Gasteiger partial charge in [0.05, 0.1) is 17.7 Å². The van der Waals surface area contributed by atoms with E-state index < -0.39 is 5.82 Å². The van der Waals surface area contributed by atoms with E-state index in [9.17, 15) is 9.18 Å². The molecule has 0 radical (unpaired) electrons. The van der Waals surface area contributed by atoms with Gasteiger partial charge in [-0.2, -0.15) is 0 Å². The minimum Gasteiger partial charge on any atom is -0.492 e. The van der Waals surface area contributed by atoms with Gasteiger partial charge in [-0.1, -0.05) is 11.6 Å². The molecule has 0 atom stereocenters. The van der Waals surface area contributed by atoms with Gasteiger partial charge in [-0.05, 0) is 12.1 Å². The number of ether oxygens (including phenoxy) is 1. The average Bonchev–Trinajstić information content (AvgIpc) is 2.06. The minimum atomic E-state index is -0.722. The molecule has 4 heteroatoms. The molecule has 1 aromatic carbocycles. The van der Waals surface area contributed by atoms with Crippen molar-refractivity contribution in [1.29, 1.82) is 0 Å². The van der Waals surface area contributed by atoms with Gasteiger partial charge in [0.15, 0.2) is 17.9 Å². The van der Waals surface area contributed by atoms with Crippen LogP contribution in [0, 0.1) is 5.82 Å². The maximum Gasteiger partial charge on any atom is 0.177 e. The molecule has 0 saturated heterocycles. The van der Waals surface area contributed by atoms with Crippen LogP contribution in [0.2, 0.25) is 5.02 Å². The summed E-state index contributed by atoms with van der Waals surface area (Å²) in [5.41, 5.74) is -0.0590. The van der Waals surface area contributed by atoms with Crippen molar-refractivity contribution < 1.29 is 13.9 Å². The van der Waals surface area contributed by atoms with Crippen LogP contribution in [0.15, 0.2) is 12.1 Å². The first kappa shape index (κ1) is 9.00. The van der Waals surface area contributed by atoms with Crippen molar-refractivity contribution in [3.63, 3.8) is 0 Å². The van der Waals surface area contributed by atoms with Gasteiger partial charge in [0, 0.05) is 0 Å². The fourth-order valence-electron chi connectivity index (χ4n) is 0.826. The molecule has 1 rings (SSSR count). The highest BCUT2D eigenvalue weighted by molar-refractivity contribution is 6.32. The number of rotatable bonds is 2. The van der Waals surface area contributed by atoms with Crippen molar-refractivity contribution in [2.24, 2.45) is 0 Å². The number of methoxy groups -OCH3 is 1. The lowest BCUT2D eigenvalue weighted by Crippen LogP contribution is -1.94. The highest BCUT2D eigenvalue weighted by Crippen LogP contribution is 2.28. The highest BCUT2D eigenvalue weighted by Gasteiger charge is 2.11. The summed E-state index contributed by atoms with van der Waals surface area (Å²) in [5, 5.41) is 0.153. The van der Waals surface area contributed by atoms with E-state index in [4.69, 9.17) is 11.6 Å². The van der Waals surface area contributed by atoms with E-state index in [1.807, 2.05) is 0 Å². The van der Waals surface area contributed by atoms with E-state index in [2.05, 4.69) is 4.74 Å². The molecule has 0 N–H and O–H groups in total. The van der Waals surface area contributed by atoms with Crippen molar-refractivity contribution in [1.82, 2.24) is 0 Å². The predicted molar refractivity (Wildman–Crippen MR) is 43.3 cm³/mol. The molecule has 2 nitrogen and oxygen atoms in total. The quantitative estimate of drug-likeness (QED) is 0.666. The largest absolute Gasteiger partial charge is 0.492 e. The van der Waals surface area contributed by atoms with Crippen LogP contribution in [0.3, 0.4) is 0 Å². The van der Waals surface area contributed by atoms with Gasteiger partial charge in [-0.25, -0.2) is 4.39 Å². The lowest BCUT2D eigenvalue weighted by atomic mass is 10.2. The number of benzene rings is 1. The summed E-state index contributed by atoms with van der Waals surface area (Å²) in [4.78, 5) is 10.3. The van der Waals surface area contributed by atoms with Crippen LogP contribution in [0.25, 0.3) is 0 Å². The molecule has 0 aliphatic carbocycles. The maximum absolute atomic E-state index is 13.1. The number of carbonyl (C=O) groups excluding carboxylic acids is 1. The number of carbonyl (C=O) groups is 1. The summed E-state index contributed by atoms with van der Waals surface area (Å²) in [6, 6.07) is 2.71. The predicted octanol–water partition coefficient (Wildman–Crippen LogP) is 2.30. The Morgan fingerprint density at radius 3 is 2.75 bits per heavy atom. The van der Waals surface area contributed by atoms with E-state index in [1.165, 1.54) is 19.2 Å². The first-order valence-electron chi connectivity index (χ1n) is 3.18. The van der Waals surface area contributed by atoms with Crippen LogP contribution in [0.1, 0.15) is 10.4 Å². The molecule has 0 spiro atoms. The van der Waals surface area contributed by atoms with Crippen LogP contribution in [0.4, 0.5) is 4.39 Å². The molecule has 1 aromatic rings. The second kappa shape index (κ2) is 3.54. The van der Waals surface area contributed by atoms with Crippen molar-refractivity contribution in [3.05, 3.63) is 28.5 Å². The topological polar surface area (TPSA) is 26.3 Å². The number of aldehydes is 1. The molecule has 0 fully saturated rings. The van der Waals surface area contributed by atoms with Gasteiger partial charge in [-0.3, -0.25) is 4.79 Å². The Hall–Kier alpha value is -1.09. The van der Waals surface area contributed by atoms with Crippen LogP contribution in [-0.4, -0.2) is 13.4 Å². The summed E-state index contributed by atoms with van der Waals surface area (Å²) in [6.07, 6.45) is 0.411. The van der Waals surface area contributed by atoms with Crippen molar-refractivity contribution >= 4 is 17.9 Å². The lowest BCUT2D eigenvalue weighted by Gasteiger charge is -2.04. The second-order valence-corrected chi connectivity index (χ2v) is 2.51. The molecule has 0 bridgehead atoms. The van der Waals surface area contributed by atoms with Crippen LogP contribution in [0.5, 0.6) is 5.75 Å². The van der Waals surface area contributed by atoms with Crippen molar-refractivity contribution in [3.8, 4) is 5.75 Å². The monoisotopic (exact) mass is 188 g/mol. The Morgan fingerprint density at radius 2 is 2.25 bits per heavy atom. The van der Waals surface area contributed by atoms with Gasteiger partial charge in [0.25, 0.3) is 0 Å². The van der Waals surface area contributed by atoms with E-state index >= 15 is 0 Å². The average molecular weight is 189 g/mol. The van der Waals surface area contributed by atoms with Crippen LogP contribution in [-0.2, 0) is 0 Å². The Kier molecular flexibility index (Phi) is 2.65. The summed E-state index contributed by atoms with van der Waals surface area (Å²) in [7, 11) is 1.29. The third-order valence-corrected chi connectivity index (χ3v) is 1.71. The Morgan fingerprint density at radius 1 is 1.58 bits per heavy atom. The molecule has 0 saturated carbocycles. The standard InChI is InChI=1S/C8H6ClFO2/c1-12-8-6(9)3-2-5(4-11)7(8)10/h2-4H,1H3. The molecule has 12 heavy (non-hydrogen) atoms. The molecular formula is C8H6ClFO2. The van der Waals surface area contributed by atoms with E-state index in [1.54, 1.807) is 0 Å². The van der Waals surface area contributed by atoms with Gasteiger partial charge in [0.2, 0.25) is 0 Å². The zero-order valence-electron chi connectivity index (χ0n) is 6.30. The first-order chi connectivity index (χ1) is 5.70. The fraction of sp³-hybridized carbons (Fsp3) is 0.125. The SMILES string of the molecule is COc1c(Cl)ccc(C=O)c1F. The molecule has 0 heterocycles. The molecule has 0 aliphatic rings. The number of hydrogen-bond acceptors (Lipinski definition) is 2. The fourth-order valence-corrected chi connectivity index (χ4v) is 1.05. The maximum atomic E-state index is 13.1. The summed E-state index contributed by atoms with van der Waals surface area (Å²) < 4.78 is 17.7. The zero-order valence-corrected chi connectivity index (χ0v) is 7.06. The van der Waals surface area contributed by atoms with E-state index in [0.717, 1.165) is 0 Å².